The lowest BCUT2D eigenvalue weighted by Gasteiger charge is -2.50. The number of Topliss-reactive ketones (excluding diaryl/α,β-unsaturated/α-hetero) is 1. The predicted molar refractivity (Wildman–Crippen MR) is 120 cm³/mol. The van der Waals surface area contributed by atoms with Gasteiger partial charge < -0.3 is 4.74 Å². The summed E-state index contributed by atoms with van der Waals surface area (Å²) in [5.41, 5.74) is 0.762. The van der Waals surface area contributed by atoms with Crippen molar-refractivity contribution in [2.45, 2.75) is 63.8 Å². The van der Waals surface area contributed by atoms with Crippen LogP contribution in [0.3, 0.4) is 0 Å². The average molecular weight is 437 g/mol. The van der Waals surface area contributed by atoms with Crippen LogP contribution in [0.5, 0.6) is 5.75 Å². The van der Waals surface area contributed by atoms with E-state index in [9.17, 15) is 13.2 Å². The van der Waals surface area contributed by atoms with Crippen molar-refractivity contribution >= 4 is 15.8 Å². The van der Waals surface area contributed by atoms with Gasteiger partial charge in [-0.2, -0.15) is 4.31 Å². The average Bonchev–Trinajstić information content (AvgIpc) is 2.78. The monoisotopic (exact) mass is 436 g/mol. The number of ketones is 1. The van der Waals surface area contributed by atoms with E-state index >= 15 is 0 Å². The molecule has 0 spiro atoms. The van der Waals surface area contributed by atoms with E-state index in [1.807, 2.05) is 31.2 Å². The molecule has 0 aromatic heterocycles. The molecule has 6 nitrogen and oxygen atoms in total. The van der Waals surface area contributed by atoms with Gasteiger partial charge in [-0.05, 0) is 49.9 Å². The summed E-state index contributed by atoms with van der Waals surface area (Å²) < 4.78 is 31.7. The molecule has 2 fully saturated rings. The third-order valence-corrected chi connectivity index (χ3v) is 8.85. The smallest absolute Gasteiger partial charge is 0.214 e. The maximum atomic E-state index is 12.8. The van der Waals surface area contributed by atoms with Gasteiger partial charge in [0.15, 0.2) is 5.78 Å². The number of benzene rings is 1. The molecule has 0 amide bonds. The summed E-state index contributed by atoms with van der Waals surface area (Å²) in [5, 5.41) is 0. The molecule has 1 aliphatic heterocycles. The molecule has 2 aliphatic rings. The lowest BCUT2D eigenvalue weighted by Crippen LogP contribution is -2.58. The maximum absolute atomic E-state index is 12.8. The van der Waals surface area contributed by atoms with Crippen LogP contribution in [0.2, 0.25) is 0 Å². The van der Waals surface area contributed by atoms with Crippen LogP contribution in [0.25, 0.3) is 0 Å². The van der Waals surface area contributed by atoms with Crippen LogP contribution >= 0.6 is 0 Å². The van der Waals surface area contributed by atoms with Crippen molar-refractivity contribution < 1.29 is 17.9 Å². The van der Waals surface area contributed by atoms with Gasteiger partial charge in [0.2, 0.25) is 10.0 Å². The molecular weight excluding hydrogens is 400 g/mol. The Balaban J connectivity index is 1.64. The van der Waals surface area contributed by atoms with E-state index in [0.717, 1.165) is 43.7 Å². The van der Waals surface area contributed by atoms with Crippen LogP contribution in [0.15, 0.2) is 24.3 Å². The number of rotatable bonds is 9. The summed E-state index contributed by atoms with van der Waals surface area (Å²) >= 11 is 0. The normalized spacial score (nSPS) is 20.7. The van der Waals surface area contributed by atoms with Gasteiger partial charge in [0, 0.05) is 43.7 Å². The first-order valence-corrected chi connectivity index (χ1v) is 12.9. The third kappa shape index (κ3) is 5.42. The van der Waals surface area contributed by atoms with E-state index in [0.29, 0.717) is 25.9 Å². The van der Waals surface area contributed by atoms with Gasteiger partial charge in [0.25, 0.3) is 0 Å². The maximum Gasteiger partial charge on any atom is 0.214 e. The van der Waals surface area contributed by atoms with Crippen LogP contribution in [0, 0.1) is 0 Å². The van der Waals surface area contributed by atoms with Gasteiger partial charge in [-0.15, -0.1) is 0 Å². The zero-order valence-corrected chi connectivity index (χ0v) is 19.3. The molecule has 1 aliphatic carbocycles. The van der Waals surface area contributed by atoms with Crippen molar-refractivity contribution in [2.24, 2.45) is 0 Å². The molecule has 168 valence electrons. The van der Waals surface area contributed by atoms with E-state index in [-0.39, 0.29) is 17.1 Å². The molecule has 1 heterocycles. The van der Waals surface area contributed by atoms with Gasteiger partial charge in [-0.3, -0.25) is 9.69 Å². The molecule has 3 rings (SSSR count). The predicted octanol–water partition coefficient (Wildman–Crippen LogP) is 3.72. The molecule has 1 saturated carbocycles. The van der Waals surface area contributed by atoms with Gasteiger partial charge >= 0.3 is 0 Å². The highest BCUT2D eigenvalue weighted by Crippen LogP contribution is 2.38. The first-order valence-electron chi connectivity index (χ1n) is 11.3. The quantitative estimate of drug-likeness (QED) is 0.552. The SMILES string of the molecule is CCCS(=O)(=O)N1CCN(C2(CCC(=O)c3ccc(OC)cc3)CCCCC2)CC1. The number of sulfonamides is 1. The van der Waals surface area contributed by atoms with E-state index in [2.05, 4.69) is 4.90 Å². The van der Waals surface area contributed by atoms with Crippen LogP contribution in [0.1, 0.15) is 68.6 Å². The van der Waals surface area contributed by atoms with E-state index < -0.39 is 10.0 Å². The molecule has 0 unspecified atom stereocenters. The fourth-order valence-corrected chi connectivity index (χ4v) is 6.52. The number of methoxy groups -OCH3 is 1. The van der Waals surface area contributed by atoms with Gasteiger partial charge in [-0.1, -0.05) is 26.2 Å². The summed E-state index contributed by atoms with van der Waals surface area (Å²) in [6.45, 7) is 4.57. The lowest BCUT2D eigenvalue weighted by atomic mass is 9.76. The van der Waals surface area contributed by atoms with Gasteiger partial charge in [-0.25, -0.2) is 8.42 Å². The molecule has 0 radical (unpaired) electrons. The van der Waals surface area contributed by atoms with Crippen molar-refractivity contribution in [1.82, 2.24) is 9.21 Å². The van der Waals surface area contributed by atoms with Crippen molar-refractivity contribution in [3.8, 4) is 5.75 Å². The molecule has 0 N–H and O–H groups in total. The largest absolute Gasteiger partial charge is 0.497 e. The molecule has 1 aromatic carbocycles. The first kappa shape index (κ1) is 23.2. The number of ether oxygens (including phenoxy) is 1. The van der Waals surface area contributed by atoms with Gasteiger partial charge in [0.1, 0.15) is 5.75 Å². The number of carbonyl (C=O) groups is 1. The fraction of sp³-hybridized carbons (Fsp3) is 0.696. The highest BCUT2D eigenvalue weighted by atomic mass is 32.2. The summed E-state index contributed by atoms with van der Waals surface area (Å²) in [6, 6.07) is 7.34. The highest BCUT2D eigenvalue weighted by Gasteiger charge is 2.40. The number of carbonyl (C=O) groups excluding carboxylic acids is 1. The van der Waals surface area contributed by atoms with E-state index in [1.165, 1.54) is 19.3 Å². The number of nitrogens with zero attached hydrogens (tertiary/aromatic N) is 2. The van der Waals surface area contributed by atoms with Crippen molar-refractivity contribution in [3.05, 3.63) is 29.8 Å². The van der Waals surface area contributed by atoms with Crippen LogP contribution in [-0.4, -0.2) is 68.0 Å². The van der Waals surface area contributed by atoms with E-state index in [1.54, 1.807) is 11.4 Å². The minimum absolute atomic E-state index is 0.0288. The van der Waals surface area contributed by atoms with Gasteiger partial charge in [0.05, 0.1) is 12.9 Å². The first-order chi connectivity index (χ1) is 14.4. The zero-order valence-electron chi connectivity index (χ0n) is 18.4. The second kappa shape index (κ2) is 10.2. The number of hydrogen-bond acceptors (Lipinski definition) is 5. The molecule has 1 saturated heterocycles. The van der Waals surface area contributed by atoms with Crippen LogP contribution in [-0.2, 0) is 10.0 Å². The van der Waals surface area contributed by atoms with Crippen molar-refractivity contribution in [1.29, 1.82) is 0 Å². The summed E-state index contributed by atoms with van der Waals surface area (Å²) in [5.74, 6) is 1.16. The Bertz CT molecular complexity index is 793. The van der Waals surface area contributed by atoms with E-state index in [4.69, 9.17) is 4.74 Å². The molecule has 0 bridgehead atoms. The lowest BCUT2D eigenvalue weighted by molar-refractivity contribution is 0.0165. The molecule has 1 aromatic rings. The Kier molecular flexibility index (Phi) is 7.93. The van der Waals surface area contributed by atoms with Crippen LogP contribution < -0.4 is 4.74 Å². The third-order valence-electron chi connectivity index (χ3n) is 6.78. The molecule has 0 atom stereocenters. The Morgan fingerprint density at radius 1 is 1.03 bits per heavy atom. The highest BCUT2D eigenvalue weighted by molar-refractivity contribution is 7.89. The Morgan fingerprint density at radius 2 is 1.67 bits per heavy atom. The second-order valence-corrected chi connectivity index (χ2v) is 10.7. The fourth-order valence-electron chi connectivity index (χ4n) is 5.03. The molecule has 7 heteroatoms. The number of piperazine rings is 1. The summed E-state index contributed by atoms with van der Waals surface area (Å²) in [7, 11) is -1.51. The summed E-state index contributed by atoms with van der Waals surface area (Å²) in [6.07, 6.45) is 7.85. The Hall–Kier alpha value is -1.44. The second-order valence-electron chi connectivity index (χ2n) is 8.64. The van der Waals surface area contributed by atoms with Crippen molar-refractivity contribution in [2.75, 3.05) is 39.0 Å². The molecule has 30 heavy (non-hydrogen) atoms. The Labute approximate surface area is 181 Å². The molecular formula is C23H36N2O4S. The zero-order chi connectivity index (χ0) is 21.6. The minimum atomic E-state index is -3.13. The standard InChI is InChI=1S/C23H36N2O4S/c1-3-19-30(27,28)25-17-15-24(16-18-25)23(12-5-4-6-13-23)14-11-22(26)20-7-9-21(29-2)10-8-20/h7-10H,3-6,11-19H2,1-2H3. The van der Waals surface area contributed by atoms with Crippen molar-refractivity contribution in [3.63, 3.8) is 0 Å². The number of hydrogen-bond donors (Lipinski definition) is 0. The Morgan fingerprint density at radius 3 is 2.23 bits per heavy atom. The minimum Gasteiger partial charge on any atom is -0.497 e. The summed E-state index contributed by atoms with van der Waals surface area (Å²) in [4.78, 5) is 15.3. The topological polar surface area (TPSA) is 66.9 Å². The van der Waals surface area contributed by atoms with Crippen LogP contribution in [0.4, 0.5) is 0 Å².